The highest BCUT2D eigenvalue weighted by Crippen LogP contribution is 2.24. The molecule has 1 heterocycles. The minimum Gasteiger partial charge on any atom is -0.487 e. The minimum atomic E-state index is -4.54. The second-order valence-electron chi connectivity index (χ2n) is 7.96. The van der Waals surface area contributed by atoms with Crippen molar-refractivity contribution in [2.75, 3.05) is 26.3 Å². The third kappa shape index (κ3) is 7.81. The van der Waals surface area contributed by atoms with E-state index in [4.69, 9.17) is 9.47 Å². The van der Waals surface area contributed by atoms with Crippen LogP contribution >= 0.6 is 0 Å². The Kier molecular flexibility index (Phi) is 7.68. The van der Waals surface area contributed by atoms with E-state index in [-0.39, 0.29) is 17.4 Å². The fourth-order valence-corrected chi connectivity index (χ4v) is 2.77. The second-order valence-corrected chi connectivity index (χ2v) is 7.96. The zero-order valence-electron chi connectivity index (χ0n) is 17.1. The van der Waals surface area contributed by atoms with Crippen molar-refractivity contribution >= 4 is 11.9 Å². The molecule has 0 unspecified atom stereocenters. The molecule has 1 saturated heterocycles. The summed E-state index contributed by atoms with van der Waals surface area (Å²) in [6.45, 7) is 3.77. The van der Waals surface area contributed by atoms with Gasteiger partial charge in [-0.15, -0.1) is 0 Å². The van der Waals surface area contributed by atoms with Gasteiger partial charge in [0.15, 0.2) is 17.3 Å². The van der Waals surface area contributed by atoms with Crippen LogP contribution in [0, 0.1) is 5.82 Å². The first-order chi connectivity index (χ1) is 13.8. The van der Waals surface area contributed by atoms with Crippen LogP contribution in [0.25, 0.3) is 0 Å². The van der Waals surface area contributed by atoms with Crippen LogP contribution in [0.3, 0.4) is 0 Å². The van der Waals surface area contributed by atoms with Crippen molar-refractivity contribution < 1.29 is 41.4 Å². The van der Waals surface area contributed by atoms with Gasteiger partial charge in [-0.1, -0.05) is 0 Å². The van der Waals surface area contributed by atoms with E-state index >= 15 is 0 Å². The number of hydrogen-bond acceptors (Lipinski definition) is 5. The molecule has 1 fully saturated rings. The molecule has 0 saturated carbocycles. The fraction of sp³-hybridized carbons (Fsp3) is 0.600. The van der Waals surface area contributed by atoms with E-state index in [1.807, 2.05) is 0 Å². The lowest BCUT2D eigenvalue weighted by Crippen LogP contribution is -2.44. The molecule has 1 amide bonds. The molecule has 6 nitrogen and oxygen atoms in total. The molecule has 1 aromatic rings. The van der Waals surface area contributed by atoms with Gasteiger partial charge in [-0.2, -0.15) is 13.2 Å². The van der Waals surface area contributed by atoms with Gasteiger partial charge in [0, 0.05) is 31.5 Å². The maximum atomic E-state index is 14.3. The van der Waals surface area contributed by atoms with E-state index in [1.54, 1.807) is 25.7 Å². The number of ether oxygens (including phenoxy) is 3. The van der Waals surface area contributed by atoms with E-state index in [9.17, 15) is 27.2 Å². The molecule has 30 heavy (non-hydrogen) atoms. The van der Waals surface area contributed by atoms with E-state index in [1.165, 1.54) is 12.1 Å². The van der Waals surface area contributed by atoms with Gasteiger partial charge in [0.1, 0.15) is 24.9 Å². The van der Waals surface area contributed by atoms with Gasteiger partial charge in [0.25, 0.3) is 0 Å². The average molecular weight is 435 g/mol. The van der Waals surface area contributed by atoms with Crippen molar-refractivity contribution in [1.82, 2.24) is 4.90 Å². The molecular formula is C20H25F4NO5. The Hall–Kier alpha value is -2.36. The normalized spacial score (nSPS) is 15.8. The first kappa shape index (κ1) is 23.9. The van der Waals surface area contributed by atoms with E-state index in [0.717, 1.165) is 6.07 Å². The largest absolute Gasteiger partial charge is 0.487 e. The Morgan fingerprint density at radius 3 is 2.30 bits per heavy atom. The van der Waals surface area contributed by atoms with Crippen LogP contribution in [0.4, 0.5) is 22.4 Å². The molecule has 1 aromatic carbocycles. The van der Waals surface area contributed by atoms with Gasteiger partial charge in [0.2, 0.25) is 0 Å². The highest BCUT2D eigenvalue weighted by Gasteiger charge is 2.29. The zero-order valence-corrected chi connectivity index (χ0v) is 17.1. The summed E-state index contributed by atoms with van der Waals surface area (Å²) in [6, 6.07) is 3.44. The summed E-state index contributed by atoms with van der Waals surface area (Å²) < 4.78 is 65.7. The summed E-state index contributed by atoms with van der Waals surface area (Å²) in [5.74, 6) is -1.64. The third-order valence-corrected chi connectivity index (χ3v) is 4.14. The number of ketones is 1. The lowest BCUT2D eigenvalue weighted by molar-refractivity contribution is -0.170. The number of amides is 1. The smallest absolute Gasteiger partial charge is 0.411 e. The predicted molar refractivity (Wildman–Crippen MR) is 99.1 cm³/mol. The van der Waals surface area contributed by atoms with Crippen molar-refractivity contribution in [2.45, 2.75) is 51.5 Å². The topological polar surface area (TPSA) is 65.1 Å². The van der Waals surface area contributed by atoms with E-state index in [0.29, 0.717) is 25.9 Å². The Bertz CT molecular complexity index is 753. The molecular weight excluding hydrogens is 410 g/mol. The second kappa shape index (κ2) is 9.63. The summed E-state index contributed by atoms with van der Waals surface area (Å²) in [4.78, 5) is 25.5. The molecule has 0 atom stereocenters. The highest BCUT2D eigenvalue weighted by molar-refractivity contribution is 5.97. The standard InChI is InChI=1S/C20H25F4NO5/c1-19(2,3)30-18(27)25-8-6-14(7-9-25)29-17-5-4-13(10-15(17)21)16(26)11-28-12-20(22,23)24/h4-5,10,14H,6-9,11-12H2,1-3H3. The molecule has 0 aliphatic carbocycles. The molecule has 0 bridgehead atoms. The molecule has 0 N–H and O–H groups in total. The quantitative estimate of drug-likeness (QED) is 0.491. The van der Waals surface area contributed by atoms with E-state index < -0.39 is 42.7 Å². The number of carbonyl (C=O) groups excluding carboxylic acids is 2. The van der Waals surface area contributed by atoms with Crippen molar-refractivity contribution in [1.29, 1.82) is 0 Å². The van der Waals surface area contributed by atoms with E-state index in [2.05, 4.69) is 4.74 Å². The molecule has 1 aliphatic heterocycles. The Labute approximate surface area is 172 Å². The van der Waals surface area contributed by atoms with Crippen molar-refractivity contribution in [2.24, 2.45) is 0 Å². The van der Waals surface area contributed by atoms with Crippen LogP contribution in [0.15, 0.2) is 18.2 Å². The Balaban J connectivity index is 1.85. The molecule has 0 aromatic heterocycles. The van der Waals surface area contributed by atoms with Gasteiger partial charge in [0.05, 0.1) is 0 Å². The number of halogens is 4. The van der Waals surface area contributed by atoms with Crippen LogP contribution in [0.2, 0.25) is 0 Å². The monoisotopic (exact) mass is 435 g/mol. The average Bonchev–Trinajstić information content (AvgIpc) is 2.61. The molecule has 1 aliphatic rings. The van der Waals surface area contributed by atoms with Crippen molar-refractivity contribution in [3.63, 3.8) is 0 Å². The van der Waals surface area contributed by atoms with Gasteiger partial charge >= 0.3 is 12.3 Å². The first-order valence-corrected chi connectivity index (χ1v) is 9.46. The Morgan fingerprint density at radius 1 is 1.13 bits per heavy atom. The number of likely N-dealkylation sites (tertiary alicyclic amines) is 1. The van der Waals surface area contributed by atoms with Gasteiger partial charge in [-0.05, 0) is 39.0 Å². The zero-order chi connectivity index (χ0) is 22.5. The molecule has 168 valence electrons. The lowest BCUT2D eigenvalue weighted by Gasteiger charge is -2.33. The summed E-state index contributed by atoms with van der Waals surface area (Å²) in [5.41, 5.74) is -0.702. The summed E-state index contributed by atoms with van der Waals surface area (Å²) >= 11 is 0. The maximum Gasteiger partial charge on any atom is 0.411 e. The Morgan fingerprint density at radius 2 is 1.77 bits per heavy atom. The van der Waals surface area contributed by atoms with Gasteiger partial charge in [-0.25, -0.2) is 9.18 Å². The van der Waals surface area contributed by atoms with Crippen LogP contribution in [-0.2, 0) is 9.47 Å². The minimum absolute atomic E-state index is 0.0709. The number of alkyl halides is 3. The van der Waals surface area contributed by atoms with Crippen LogP contribution < -0.4 is 4.74 Å². The van der Waals surface area contributed by atoms with Gasteiger partial charge in [-0.3, -0.25) is 4.79 Å². The van der Waals surface area contributed by atoms with Crippen molar-refractivity contribution in [3.8, 4) is 5.75 Å². The number of nitrogens with zero attached hydrogens (tertiary/aromatic N) is 1. The number of piperidine rings is 1. The number of benzene rings is 1. The first-order valence-electron chi connectivity index (χ1n) is 9.46. The lowest BCUT2D eigenvalue weighted by atomic mass is 10.1. The molecule has 0 spiro atoms. The SMILES string of the molecule is CC(C)(C)OC(=O)N1CCC(Oc2ccc(C(=O)COCC(F)(F)F)cc2F)CC1. The fourth-order valence-electron chi connectivity index (χ4n) is 2.77. The number of Topliss-reactive ketones (excluding diaryl/α,β-unsaturated/α-hetero) is 1. The molecule has 2 rings (SSSR count). The van der Waals surface area contributed by atoms with Crippen LogP contribution in [0.1, 0.15) is 44.0 Å². The summed E-state index contributed by atoms with van der Waals surface area (Å²) in [6.07, 6.45) is -4.32. The van der Waals surface area contributed by atoms with Crippen LogP contribution in [-0.4, -0.2) is 61.0 Å². The van der Waals surface area contributed by atoms with Crippen molar-refractivity contribution in [3.05, 3.63) is 29.6 Å². The summed E-state index contributed by atoms with van der Waals surface area (Å²) in [7, 11) is 0. The number of hydrogen-bond donors (Lipinski definition) is 0. The molecule has 0 radical (unpaired) electrons. The molecule has 10 heteroatoms. The number of carbonyl (C=O) groups is 2. The predicted octanol–water partition coefficient (Wildman–Crippen LogP) is 4.37. The van der Waals surface area contributed by atoms with Gasteiger partial charge < -0.3 is 19.1 Å². The van der Waals surface area contributed by atoms with Crippen LogP contribution in [0.5, 0.6) is 5.75 Å². The third-order valence-electron chi connectivity index (χ3n) is 4.14. The summed E-state index contributed by atoms with van der Waals surface area (Å²) in [5, 5.41) is 0. The maximum absolute atomic E-state index is 14.3. The highest BCUT2D eigenvalue weighted by atomic mass is 19.4. The number of rotatable bonds is 6.